The zero-order valence-electron chi connectivity index (χ0n) is 17.9. The number of halogens is 1. The predicted molar refractivity (Wildman–Crippen MR) is 121 cm³/mol. The zero-order chi connectivity index (χ0) is 21.5. The quantitative estimate of drug-likeness (QED) is 0.641. The summed E-state index contributed by atoms with van der Waals surface area (Å²) >= 11 is 6.10. The summed E-state index contributed by atoms with van der Waals surface area (Å²) < 4.78 is 0. The first-order valence-electron chi connectivity index (χ1n) is 10.9. The number of amides is 2. The maximum absolute atomic E-state index is 13.3. The van der Waals surface area contributed by atoms with Gasteiger partial charge in [-0.1, -0.05) is 73.3 Å². The lowest BCUT2D eigenvalue weighted by molar-refractivity contribution is -0.141. The molecule has 0 unspecified atom stereocenters. The van der Waals surface area contributed by atoms with Gasteiger partial charge in [0, 0.05) is 17.6 Å². The Bertz CT molecular complexity index is 860. The van der Waals surface area contributed by atoms with Crippen LogP contribution in [0.25, 0.3) is 0 Å². The Morgan fingerprint density at radius 3 is 2.43 bits per heavy atom. The summed E-state index contributed by atoms with van der Waals surface area (Å²) in [6.07, 6.45) is 5.16. The van der Waals surface area contributed by atoms with Crippen LogP contribution >= 0.6 is 11.6 Å². The smallest absolute Gasteiger partial charge is 0.243 e. The minimum absolute atomic E-state index is 0.0454. The molecule has 0 saturated heterocycles. The maximum atomic E-state index is 13.3. The van der Waals surface area contributed by atoms with Crippen molar-refractivity contribution in [2.24, 2.45) is 0 Å². The van der Waals surface area contributed by atoms with Gasteiger partial charge in [-0.15, -0.1) is 0 Å². The van der Waals surface area contributed by atoms with Gasteiger partial charge in [0.15, 0.2) is 0 Å². The molecule has 3 rings (SSSR count). The van der Waals surface area contributed by atoms with Crippen LogP contribution in [0.1, 0.15) is 55.7 Å². The highest BCUT2D eigenvalue weighted by Crippen LogP contribution is 2.20. The highest BCUT2D eigenvalue weighted by molar-refractivity contribution is 6.30. The van der Waals surface area contributed by atoms with Crippen LogP contribution < -0.4 is 5.32 Å². The topological polar surface area (TPSA) is 49.4 Å². The average molecular weight is 427 g/mol. The van der Waals surface area contributed by atoms with Crippen LogP contribution in [0.4, 0.5) is 0 Å². The molecule has 1 saturated carbocycles. The molecule has 5 heteroatoms. The number of hydrogen-bond donors (Lipinski definition) is 1. The Morgan fingerprint density at radius 2 is 1.80 bits per heavy atom. The van der Waals surface area contributed by atoms with Gasteiger partial charge in [0.25, 0.3) is 0 Å². The zero-order valence-corrected chi connectivity index (χ0v) is 18.6. The molecule has 2 aromatic rings. The number of carbonyl (C=O) groups is 2. The third kappa shape index (κ3) is 6.09. The molecule has 1 aliphatic rings. The fourth-order valence-electron chi connectivity index (χ4n) is 4.10. The van der Waals surface area contributed by atoms with Gasteiger partial charge in [0.05, 0.1) is 6.42 Å². The molecule has 4 nitrogen and oxygen atoms in total. The first kappa shape index (κ1) is 22.4. The Balaban J connectivity index is 1.81. The number of carbonyl (C=O) groups excluding carboxylic acids is 2. The third-order valence-corrected chi connectivity index (χ3v) is 6.04. The first-order chi connectivity index (χ1) is 14.5. The van der Waals surface area contributed by atoms with Crippen LogP contribution in [0.15, 0.2) is 48.5 Å². The van der Waals surface area contributed by atoms with E-state index in [0.29, 0.717) is 18.0 Å². The summed E-state index contributed by atoms with van der Waals surface area (Å²) in [5.41, 5.74) is 3.04. The summed E-state index contributed by atoms with van der Waals surface area (Å²) in [5.74, 6) is -0.109. The second kappa shape index (κ2) is 10.6. The molecule has 0 aromatic heterocycles. The van der Waals surface area contributed by atoms with Crippen molar-refractivity contribution in [3.63, 3.8) is 0 Å². The van der Waals surface area contributed by atoms with Crippen LogP contribution in [0, 0.1) is 6.92 Å². The molecule has 0 spiro atoms. The summed E-state index contributed by atoms with van der Waals surface area (Å²) in [6.45, 7) is 4.42. The van der Waals surface area contributed by atoms with Crippen molar-refractivity contribution in [1.29, 1.82) is 0 Å². The largest absolute Gasteiger partial charge is 0.352 e. The maximum Gasteiger partial charge on any atom is 0.243 e. The number of aryl methyl sites for hydroxylation is 1. The van der Waals surface area contributed by atoms with Crippen molar-refractivity contribution >= 4 is 23.4 Å². The van der Waals surface area contributed by atoms with E-state index in [1.165, 1.54) is 5.56 Å². The normalized spacial score (nSPS) is 15.0. The van der Waals surface area contributed by atoms with Crippen molar-refractivity contribution in [2.75, 3.05) is 0 Å². The number of benzene rings is 2. The number of nitrogens with one attached hydrogen (secondary N) is 1. The molecule has 0 bridgehead atoms. The van der Waals surface area contributed by atoms with E-state index in [-0.39, 0.29) is 24.3 Å². The Morgan fingerprint density at radius 1 is 1.10 bits per heavy atom. The van der Waals surface area contributed by atoms with E-state index in [2.05, 4.69) is 5.32 Å². The summed E-state index contributed by atoms with van der Waals surface area (Å²) in [7, 11) is 0. The van der Waals surface area contributed by atoms with Crippen molar-refractivity contribution in [1.82, 2.24) is 10.2 Å². The molecule has 0 aliphatic heterocycles. The monoisotopic (exact) mass is 426 g/mol. The highest BCUT2D eigenvalue weighted by atomic mass is 35.5. The number of hydrogen-bond acceptors (Lipinski definition) is 2. The minimum atomic E-state index is -0.487. The van der Waals surface area contributed by atoms with Gasteiger partial charge in [-0.05, 0) is 49.4 Å². The lowest BCUT2D eigenvalue weighted by Crippen LogP contribution is -2.51. The van der Waals surface area contributed by atoms with Crippen LogP contribution in [-0.2, 0) is 22.6 Å². The van der Waals surface area contributed by atoms with Crippen LogP contribution in [0.3, 0.4) is 0 Å². The minimum Gasteiger partial charge on any atom is -0.352 e. The molecule has 1 N–H and O–H groups in total. The van der Waals surface area contributed by atoms with E-state index in [1.54, 1.807) is 11.0 Å². The standard InChI is InChI=1S/C25H31ClN2O2/c1-3-23(25(30)27-22-9-4-5-10-22)28(17-19-13-11-18(2)12-14-19)24(29)16-20-7-6-8-21(26)15-20/h6-8,11-15,22-23H,3-5,9-10,16-17H2,1-2H3,(H,27,30)/t23-/m1/s1. The van der Waals surface area contributed by atoms with Crippen LogP contribution in [-0.4, -0.2) is 28.8 Å². The molecule has 0 heterocycles. The molecular formula is C25H31ClN2O2. The summed E-state index contributed by atoms with van der Waals surface area (Å²) in [6, 6.07) is 15.2. The summed E-state index contributed by atoms with van der Waals surface area (Å²) in [4.78, 5) is 28.2. The average Bonchev–Trinajstić information content (AvgIpc) is 3.22. The molecule has 1 aliphatic carbocycles. The van der Waals surface area contributed by atoms with E-state index >= 15 is 0 Å². The second-order valence-electron chi connectivity index (χ2n) is 8.23. The fraction of sp³-hybridized carbons (Fsp3) is 0.440. The molecule has 2 aromatic carbocycles. The van der Waals surface area contributed by atoms with Crippen LogP contribution in [0.2, 0.25) is 5.02 Å². The molecule has 2 amide bonds. The number of nitrogens with zero attached hydrogens (tertiary/aromatic N) is 1. The van der Waals surface area contributed by atoms with Gasteiger partial charge in [-0.3, -0.25) is 9.59 Å². The van der Waals surface area contributed by atoms with Crippen molar-refractivity contribution in [2.45, 2.75) is 71.0 Å². The van der Waals surface area contributed by atoms with E-state index in [1.807, 2.05) is 56.3 Å². The lowest BCUT2D eigenvalue weighted by atomic mass is 10.1. The van der Waals surface area contributed by atoms with Gasteiger partial charge in [0.2, 0.25) is 11.8 Å². The molecule has 1 atom stereocenters. The Kier molecular flexibility index (Phi) is 7.92. The van der Waals surface area contributed by atoms with Gasteiger partial charge in [-0.2, -0.15) is 0 Å². The van der Waals surface area contributed by atoms with E-state index in [9.17, 15) is 9.59 Å². The third-order valence-electron chi connectivity index (χ3n) is 5.81. The van der Waals surface area contributed by atoms with Gasteiger partial charge < -0.3 is 10.2 Å². The van der Waals surface area contributed by atoms with Gasteiger partial charge in [-0.25, -0.2) is 0 Å². The van der Waals surface area contributed by atoms with Crippen molar-refractivity contribution in [3.8, 4) is 0 Å². The first-order valence-corrected chi connectivity index (χ1v) is 11.2. The molecule has 160 valence electrons. The molecular weight excluding hydrogens is 396 g/mol. The predicted octanol–water partition coefficient (Wildman–Crippen LogP) is 5.06. The second-order valence-corrected chi connectivity index (χ2v) is 8.66. The van der Waals surface area contributed by atoms with Crippen molar-refractivity contribution in [3.05, 3.63) is 70.2 Å². The summed E-state index contributed by atoms with van der Waals surface area (Å²) in [5, 5.41) is 3.79. The SMILES string of the molecule is CC[C@H](C(=O)NC1CCCC1)N(Cc1ccc(C)cc1)C(=O)Cc1cccc(Cl)c1. The Labute approximate surface area is 184 Å². The van der Waals surface area contributed by atoms with E-state index in [4.69, 9.17) is 11.6 Å². The number of rotatable bonds is 8. The molecule has 30 heavy (non-hydrogen) atoms. The van der Waals surface area contributed by atoms with E-state index < -0.39 is 6.04 Å². The molecule has 0 radical (unpaired) electrons. The van der Waals surface area contributed by atoms with Crippen molar-refractivity contribution < 1.29 is 9.59 Å². The lowest BCUT2D eigenvalue weighted by Gasteiger charge is -2.31. The molecule has 1 fully saturated rings. The van der Waals surface area contributed by atoms with E-state index in [0.717, 1.165) is 36.8 Å². The fourth-order valence-corrected chi connectivity index (χ4v) is 4.31. The van der Waals surface area contributed by atoms with Gasteiger partial charge >= 0.3 is 0 Å². The van der Waals surface area contributed by atoms with Crippen LogP contribution in [0.5, 0.6) is 0 Å². The van der Waals surface area contributed by atoms with Gasteiger partial charge in [0.1, 0.15) is 6.04 Å². The highest BCUT2D eigenvalue weighted by Gasteiger charge is 2.30. The Hall–Kier alpha value is -2.33.